The minimum absolute atomic E-state index is 0. The average molecular weight is 427 g/mol. The Kier molecular flexibility index (Phi) is 7.29. The summed E-state index contributed by atoms with van der Waals surface area (Å²) in [6.07, 6.45) is 0.0542. The van der Waals surface area contributed by atoms with Crippen LogP contribution in [0.4, 0.5) is 4.39 Å². The molecule has 0 aliphatic rings. The molecule has 0 fully saturated rings. The van der Waals surface area contributed by atoms with Gasteiger partial charge in [0.15, 0.2) is 6.10 Å². The third kappa shape index (κ3) is 4.73. The Morgan fingerprint density at radius 1 is 0.968 bits per heavy atom. The van der Waals surface area contributed by atoms with E-state index in [1.807, 2.05) is 31.2 Å². The quantitative estimate of drug-likeness (QED) is 0.350. The van der Waals surface area contributed by atoms with Crippen LogP contribution >= 0.6 is 0 Å². The first-order valence-electron chi connectivity index (χ1n) is 9.40. The summed E-state index contributed by atoms with van der Waals surface area (Å²) in [5.41, 5.74) is 1.36. The Balaban J connectivity index is 0.00000272. The molecule has 4 rings (SSSR count). The van der Waals surface area contributed by atoms with E-state index in [0.717, 1.165) is 16.3 Å². The van der Waals surface area contributed by atoms with Crippen LogP contribution in [0.5, 0.6) is 5.88 Å². The van der Waals surface area contributed by atoms with Gasteiger partial charge in [-0.2, -0.15) is 0 Å². The van der Waals surface area contributed by atoms with Crippen LogP contribution in [-0.4, -0.2) is 13.7 Å². The Hall–Kier alpha value is -2.49. The van der Waals surface area contributed by atoms with Gasteiger partial charge in [0.1, 0.15) is 0 Å². The van der Waals surface area contributed by atoms with Gasteiger partial charge in [-0.25, -0.2) is 9.37 Å². The van der Waals surface area contributed by atoms with E-state index in [9.17, 15) is 8.76 Å². The van der Waals surface area contributed by atoms with Gasteiger partial charge in [0.2, 0.25) is 10.9 Å². The van der Waals surface area contributed by atoms with Gasteiger partial charge < -0.3 is 9.29 Å². The first-order chi connectivity index (χ1) is 14.5. The van der Waals surface area contributed by atoms with Crippen molar-refractivity contribution in [3.8, 4) is 5.88 Å². The Labute approximate surface area is 194 Å². The monoisotopic (exact) mass is 427 g/mol. The zero-order chi connectivity index (χ0) is 21.1. The van der Waals surface area contributed by atoms with Crippen molar-refractivity contribution in [2.75, 3.05) is 0 Å². The molecule has 0 saturated carbocycles. The van der Waals surface area contributed by atoms with Gasteiger partial charge in [0, 0.05) is 17.8 Å². The van der Waals surface area contributed by atoms with Crippen molar-refractivity contribution >= 4 is 21.9 Å². The summed E-state index contributed by atoms with van der Waals surface area (Å²) < 4.78 is 47.1. The van der Waals surface area contributed by atoms with Crippen molar-refractivity contribution in [3.63, 3.8) is 0 Å². The van der Waals surface area contributed by atoms with E-state index in [1.54, 1.807) is 54.6 Å². The van der Waals surface area contributed by atoms with E-state index in [-0.39, 0.29) is 30.3 Å². The maximum Gasteiger partial charge on any atom is 1.00 e. The molecule has 0 aliphatic heterocycles. The molecule has 0 N–H and O–H groups in total. The molecule has 0 bridgehead atoms. The third-order valence-electron chi connectivity index (χ3n) is 4.98. The molecule has 1 aromatic heterocycles. The maximum absolute atomic E-state index is 16.5. The number of hydrogen-bond donors (Lipinski definition) is 0. The molecule has 31 heavy (non-hydrogen) atoms. The van der Waals surface area contributed by atoms with Gasteiger partial charge in [-0.3, -0.25) is 4.21 Å². The Morgan fingerprint density at radius 2 is 1.65 bits per heavy atom. The minimum Gasteiger partial charge on any atom is -0.770 e. The van der Waals surface area contributed by atoms with E-state index in [2.05, 4.69) is 4.98 Å². The summed E-state index contributed by atoms with van der Waals surface area (Å²) in [4.78, 5) is 4.09. The number of nitrogens with zero attached hydrogens (tertiary/aromatic N) is 1. The second-order valence-corrected chi connectivity index (χ2v) is 8.08. The fourth-order valence-corrected chi connectivity index (χ4v) is 4.05. The van der Waals surface area contributed by atoms with Gasteiger partial charge in [-0.1, -0.05) is 72.3 Å². The minimum atomic E-state index is -3.14. The summed E-state index contributed by atoms with van der Waals surface area (Å²) >= 11 is -3.14. The standard InChI is InChI=1S/C24H20FNO3S.Li/c1-17-9-11-19(12-10-17)23(29-22-8-4-5-15-26-22)24(25,30(27)28)21-14-13-18-6-2-3-7-20(18)16-21;/h2-16,23H,1H3,(H,27,28);/q;+1/p-1/t23-,24-;/m0./s1. The zero-order valence-electron chi connectivity index (χ0n) is 17.2. The van der Waals surface area contributed by atoms with Crippen LogP contribution in [-0.2, 0) is 16.1 Å². The number of halogens is 1. The number of benzene rings is 3. The van der Waals surface area contributed by atoms with E-state index in [0.29, 0.717) is 5.56 Å². The Bertz CT molecular complexity index is 1190. The first kappa shape index (κ1) is 23.2. The summed E-state index contributed by atoms with van der Waals surface area (Å²) in [5.74, 6) is 0.135. The van der Waals surface area contributed by atoms with E-state index in [4.69, 9.17) is 4.74 Å². The van der Waals surface area contributed by atoms with Gasteiger partial charge in [0.25, 0.3) is 0 Å². The molecule has 1 unspecified atom stereocenters. The number of hydrogen-bond acceptors (Lipinski definition) is 4. The summed E-state index contributed by atoms with van der Waals surface area (Å²) in [6, 6.07) is 24.0. The molecule has 0 aliphatic carbocycles. The fraction of sp³-hybridized carbons (Fsp3) is 0.125. The van der Waals surface area contributed by atoms with Crippen molar-refractivity contribution in [2.24, 2.45) is 0 Å². The topological polar surface area (TPSA) is 62.2 Å². The zero-order valence-corrected chi connectivity index (χ0v) is 18.0. The first-order valence-corrected chi connectivity index (χ1v) is 10.5. The normalized spacial score (nSPS) is 14.8. The van der Waals surface area contributed by atoms with E-state index >= 15 is 4.39 Å². The number of aryl methyl sites for hydroxylation is 1. The van der Waals surface area contributed by atoms with Gasteiger partial charge in [-0.05, 0) is 46.5 Å². The summed E-state index contributed by atoms with van der Waals surface area (Å²) in [5, 5.41) is -1.21. The number of fused-ring (bicyclic) bond motifs is 1. The average Bonchev–Trinajstić information content (AvgIpc) is 2.78. The number of aromatic nitrogens is 1. The van der Waals surface area contributed by atoms with E-state index in [1.165, 1.54) is 12.3 Å². The van der Waals surface area contributed by atoms with Crippen molar-refractivity contribution in [3.05, 3.63) is 108 Å². The third-order valence-corrected chi connectivity index (χ3v) is 5.91. The number of pyridine rings is 1. The molecular formula is C24H19FLiNO3S. The van der Waals surface area contributed by atoms with Crippen LogP contribution in [0.1, 0.15) is 22.8 Å². The van der Waals surface area contributed by atoms with Crippen molar-refractivity contribution in [1.29, 1.82) is 0 Å². The molecule has 0 saturated heterocycles. The van der Waals surface area contributed by atoms with Gasteiger partial charge >= 0.3 is 18.9 Å². The van der Waals surface area contributed by atoms with Crippen LogP contribution in [0, 0.1) is 6.92 Å². The van der Waals surface area contributed by atoms with Crippen LogP contribution in [0.15, 0.2) is 91.1 Å². The molecule has 4 aromatic rings. The molecule has 3 aromatic carbocycles. The predicted octanol–water partition coefficient (Wildman–Crippen LogP) is 2.37. The van der Waals surface area contributed by atoms with Crippen molar-refractivity contribution < 1.29 is 36.7 Å². The molecule has 3 atom stereocenters. The summed E-state index contributed by atoms with van der Waals surface area (Å²) in [7, 11) is 0. The molecule has 7 heteroatoms. The van der Waals surface area contributed by atoms with Crippen molar-refractivity contribution in [1.82, 2.24) is 4.98 Å². The molecule has 4 nitrogen and oxygen atoms in total. The second-order valence-electron chi connectivity index (χ2n) is 7.02. The largest absolute Gasteiger partial charge is 1.00 e. The Morgan fingerprint density at radius 3 is 2.29 bits per heavy atom. The summed E-state index contributed by atoms with van der Waals surface area (Å²) in [6.45, 7) is 1.90. The van der Waals surface area contributed by atoms with Crippen molar-refractivity contribution in [2.45, 2.75) is 18.0 Å². The SMILES string of the molecule is Cc1ccc([C@H](Oc2ccccn2)[C@](F)(c2ccc3ccccc3c2)S(=O)[O-])cc1.[Li+]. The van der Waals surface area contributed by atoms with Gasteiger partial charge in [0.05, 0.1) is 0 Å². The molecule has 1 heterocycles. The fourth-order valence-electron chi connectivity index (χ4n) is 3.37. The van der Waals surface area contributed by atoms with Crippen LogP contribution in [0.25, 0.3) is 10.8 Å². The number of rotatable bonds is 6. The molecular weight excluding hydrogens is 408 g/mol. The van der Waals surface area contributed by atoms with Gasteiger partial charge in [-0.15, -0.1) is 0 Å². The maximum atomic E-state index is 16.5. The predicted molar refractivity (Wildman–Crippen MR) is 114 cm³/mol. The molecule has 0 spiro atoms. The van der Waals surface area contributed by atoms with Crippen LogP contribution in [0.3, 0.4) is 0 Å². The smallest absolute Gasteiger partial charge is 0.770 e. The van der Waals surface area contributed by atoms with Crippen LogP contribution in [0.2, 0.25) is 0 Å². The number of alkyl halides is 1. The number of ether oxygens (including phenoxy) is 1. The molecule has 152 valence electrons. The molecule has 0 radical (unpaired) electrons. The van der Waals surface area contributed by atoms with E-state index < -0.39 is 22.2 Å². The molecule has 0 amide bonds. The second kappa shape index (κ2) is 9.76. The van der Waals surface area contributed by atoms with Crippen LogP contribution < -0.4 is 23.6 Å².